The maximum atomic E-state index is 13.4. The molecule has 1 unspecified atom stereocenters. The molecular weight excluding hydrogens is 589 g/mol. The summed E-state index contributed by atoms with van der Waals surface area (Å²) in [6, 6.07) is 10.9. The fraction of sp³-hybridized carbons (Fsp3) is 0.370. The number of benzene rings is 2. The van der Waals surface area contributed by atoms with Crippen LogP contribution in [-0.4, -0.2) is 35.4 Å². The van der Waals surface area contributed by atoms with Crippen LogP contribution in [0.2, 0.25) is 5.15 Å². The minimum atomic E-state index is -4.91. The molecule has 1 N–H and O–H groups in total. The second-order valence-electron chi connectivity index (χ2n) is 9.68. The Labute approximate surface area is 232 Å². The van der Waals surface area contributed by atoms with Gasteiger partial charge in [-0.15, -0.1) is 13.2 Å². The molecule has 0 aliphatic heterocycles. The molecular formula is C27H27BrClF3N2O4. The molecule has 0 bridgehead atoms. The number of hydrogen-bond donors (Lipinski definition) is 1. The van der Waals surface area contributed by atoms with Gasteiger partial charge >= 0.3 is 12.3 Å². The number of esters is 1. The van der Waals surface area contributed by atoms with Gasteiger partial charge in [0, 0.05) is 28.7 Å². The quantitative estimate of drug-likeness (QED) is 0.210. The lowest BCUT2D eigenvalue weighted by Crippen LogP contribution is -2.30. The van der Waals surface area contributed by atoms with Crippen molar-refractivity contribution in [2.45, 2.75) is 58.4 Å². The van der Waals surface area contributed by atoms with E-state index >= 15 is 0 Å². The van der Waals surface area contributed by atoms with Crippen LogP contribution in [0.1, 0.15) is 61.0 Å². The summed E-state index contributed by atoms with van der Waals surface area (Å²) < 4.78 is 49.6. The topological polar surface area (TPSA) is 77.5 Å². The molecule has 6 nitrogen and oxygen atoms in total. The van der Waals surface area contributed by atoms with Gasteiger partial charge in [-0.05, 0) is 69.5 Å². The van der Waals surface area contributed by atoms with Crippen molar-refractivity contribution in [3.63, 3.8) is 0 Å². The fourth-order valence-electron chi connectivity index (χ4n) is 3.99. The Morgan fingerprint density at radius 1 is 1.13 bits per heavy atom. The van der Waals surface area contributed by atoms with Gasteiger partial charge in [0.2, 0.25) is 0 Å². The number of hydrogen-bond acceptors (Lipinski definition) is 5. The molecule has 204 valence electrons. The Balaban J connectivity index is 1.92. The first kappa shape index (κ1) is 29.7. The molecule has 0 spiro atoms. The van der Waals surface area contributed by atoms with E-state index in [9.17, 15) is 22.8 Å². The summed E-state index contributed by atoms with van der Waals surface area (Å²) in [4.78, 5) is 30.1. The van der Waals surface area contributed by atoms with E-state index in [-0.39, 0.29) is 30.1 Å². The van der Waals surface area contributed by atoms with Crippen molar-refractivity contribution in [1.82, 2.24) is 10.3 Å². The maximum absolute atomic E-state index is 13.4. The third kappa shape index (κ3) is 8.07. The third-order valence-corrected chi connectivity index (χ3v) is 6.43. The lowest BCUT2D eigenvalue weighted by Gasteiger charge is -2.23. The number of alkyl halides is 3. The molecule has 0 radical (unpaired) electrons. The maximum Gasteiger partial charge on any atom is 0.573 e. The van der Waals surface area contributed by atoms with Crippen LogP contribution in [0.25, 0.3) is 10.9 Å². The van der Waals surface area contributed by atoms with Gasteiger partial charge < -0.3 is 14.8 Å². The molecule has 38 heavy (non-hydrogen) atoms. The van der Waals surface area contributed by atoms with E-state index in [1.165, 1.54) is 18.2 Å². The Morgan fingerprint density at radius 2 is 1.82 bits per heavy atom. The minimum Gasteiger partial charge on any atom is -0.460 e. The van der Waals surface area contributed by atoms with E-state index in [0.717, 1.165) is 4.47 Å². The lowest BCUT2D eigenvalue weighted by atomic mass is 9.92. The van der Waals surface area contributed by atoms with E-state index in [0.29, 0.717) is 22.0 Å². The van der Waals surface area contributed by atoms with Crippen molar-refractivity contribution in [2.75, 3.05) is 6.54 Å². The normalized spacial score (nSPS) is 12.8. The monoisotopic (exact) mass is 614 g/mol. The summed E-state index contributed by atoms with van der Waals surface area (Å²) in [5, 5.41) is 3.53. The van der Waals surface area contributed by atoms with Crippen molar-refractivity contribution >= 4 is 50.3 Å². The minimum absolute atomic E-state index is 0.0747. The highest BCUT2D eigenvalue weighted by Crippen LogP contribution is 2.34. The SMILES string of the molecule is Cc1c(Cl)nc2ccc(Br)cc2c1C(=O)NCC(CCC(=O)OC(C)(C)C)c1ccccc1OC(F)(F)F. The Morgan fingerprint density at radius 3 is 2.47 bits per heavy atom. The van der Waals surface area contributed by atoms with Gasteiger partial charge in [-0.3, -0.25) is 9.59 Å². The number of rotatable bonds is 8. The van der Waals surface area contributed by atoms with Crippen LogP contribution in [-0.2, 0) is 9.53 Å². The summed E-state index contributed by atoms with van der Waals surface area (Å²) in [6.45, 7) is 6.76. The zero-order valence-electron chi connectivity index (χ0n) is 21.2. The number of amides is 1. The lowest BCUT2D eigenvalue weighted by molar-refractivity contribution is -0.275. The van der Waals surface area contributed by atoms with Crippen molar-refractivity contribution in [3.05, 3.63) is 68.8 Å². The number of carbonyl (C=O) groups is 2. The predicted molar refractivity (Wildman–Crippen MR) is 142 cm³/mol. The summed E-state index contributed by atoms with van der Waals surface area (Å²) in [5.74, 6) is -2.08. The second kappa shape index (κ2) is 11.9. The first-order chi connectivity index (χ1) is 17.6. The number of pyridine rings is 1. The number of para-hydroxylation sites is 1. The number of fused-ring (bicyclic) bond motifs is 1. The number of ether oxygens (including phenoxy) is 2. The van der Waals surface area contributed by atoms with Gasteiger partial charge in [-0.25, -0.2) is 4.98 Å². The number of nitrogens with one attached hydrogen (secondary N) is 1. The zero-order valence-corrected chi connectivity index (χ0v) is 23.6. The van der Waals surface area contributed by atoms with Crippen LogP contribution in [0.5, 0.6) is 5.75 Å². The van der Waals surface area contributed by atoms with Gasteiger partial charge in [0.25, 0.3) is 5.91 Å². The van der Waals surface area contributed by atoms with Crippen LogP contribution in [0.4, 0.5) is 13.2 Å². The van der Waals surface area contributed by atoms with Crippen molar-refractivity contribution < 1.29 is 32.2 Å². The van der Waals surface area contributed by atoms with Gasteiger partial charge in [0.05, 0.1) is 11.1 Å². The Kier molecular flexibility index (Phi) is 9.30. The van der Waals surface area contributed by atoms with E-state index in [4.69, 9.17) is 16.3 Å². The van der Waals surface area contributed by atoms with E-state index in [2.05, 4.69) is 31.0 Å². The molecule has 1 aromatic heterocycles. The van der Waals surface area contributed by atoms with Gasteiger partial charge in [-0.1, -0.05) is 45.7 Å². The number of nitrogens with zero attached hydrogens (tertiary/aromatic N) is 1. The highest BCUT2D eigenvalue weighted by molar-refractivity contribution is 9.10. The van der Waals surface area contributed by atoms with Crippen LogP contribution in [0, 0.1) is 6.92 Å². The molecule has 0 saturated heterocycles. The molecule has 1 atom stereocenters. The smallest absolute Gasteiger partial charge is 0.460 e. The van der Waals surface area contributed by atoms with Crippen LogP contribution in [0.15, 0.2) is 46.9 Å². The molecule has 1 amide bonds. The highest BCUT2D eigenvalue weighted by Gasteiger charge is 2.33. The largest absolute Gasteiger partial charge is 0.573 e. The summed E-state index contributed by atoms with van der Waals surface area (Å²) in [7, 11) is 0. The zero-order chi connectivity index (χ0) is 28.3. The Bertz CT molecular complexity index is 1340. The molecule has 0 saturated carbocycles. The Hall–Kier alpha value is -2.85. The van der Waals surface area contributed by atoms with Crippen LogP contribution in [0.3, 0.4) is 0 Å². The first-order valence-electron chi connectivity index (χ1n) is 11.7. The third-order valence-electron chi connectivity index (χ3n) is 5.57. The van der Waals surface area contributed by atoms with Crippen LogP contribution >= 0.6 is 27.5 Å². The average molecular weight is 616 g/mol. The summed E-state index contributed by atoms with van der Waals surface area (Å²) in [6.07, 6.45) is -4.88. The standard InChI is InChI=1S/C27H27BrClF3N2O4/c1-15-23(19-13-17(28)10-11-20(19)34-24(15)29)25(36)33-14-16(9-12-22(35)38-26(2,3)4)18-7-5-6-8-21(18)37-27(30,31)32/h5-8,10-11,13,16H,9,12,14H2,1-4H3,(H,33,36). The number of carbonyl (C=O) groups excluding carboxylic acids is 2. The van der Waals surface area contributed by atoms with Gasteiger partial charge in [0.15, 0.2) is 0 Å². The molecule has 0 aliphatic rings. The van der Waals surface area contributed by atoms with Gasteiger partial charge in [0.1, 0.15) is 16.5 Å². The summed E-state index contributed by atoms with van der Waals surface area (Å²) in [5.41, 5.74) is 0.754. The first-order valence-corrected chi connectivity index (χ1v) is 12.9. The van der Waals surface area contributed by atoms with Crippen molar-refractivity contribution in [2.24, 2.45) is 0 Å². The van der Waals surface area contributed by atoms with E-state index in [1.54, 1.807) is 52.0 Å². The average Bonchev–Trinajstić information content (AvgIpc) is 2.78. The van der Waals surface area contributed by atoms with Gasteiger partial charge in [-0.2, -0.15) is 0 Å². The van der Waals surface area contributed by atoms with Crippen molar-refractivity contribution in [3.8, 4) is 5.75 Å². The number of aromatic nitrogens is 1. The van der Waals surface area contributed by atoms with Crippen LogP contribution < -0.4 is 10.1 Å². The van der Waals surface area contributed by atoms with E-state index < -0.39 is 35.5 Å². The summed E-state index contributed by atoms with van der Waals surface area (Å²) >= 11 is 9.67. The molecule has 0 aliphatic carbocycles. The second-order valence-corrected chi connectivity index (χ2v) is 11.0. The molecule has 3 aromatic rings. The molecule has 1 heterocycles. The fourth-order valence-corrected chi connectivity index (χ4v) is 4.53. The number of halogens is 5. The predicted octanol–water partition coefficient (Wildman–Crippen LogP) is 7.49. The molecule has 3 rings (SSSR count). The van der Waals surface area contributed by atoms with E-state index in [1.807, 2.05) is 0 Å². The van der Waals surface area contributed by atoms with Crippen molar-refractivity contribution in [1.29, 1.82) is 0 Å². The molecule has 2 aromatic carbocycles. The molecule has 0 fully saturated rings. The highest BCUT2D eigenvalue weighted by atomic mass is 79.9. The molecule has 11 heteroatoms.